The minimum Gasteiger partial charge on any atom is -0.396 e. The highest BCUT2D eigenvalue weighted by Crippen LogP contribution is 2.22. The molecule has 0 bridgehead atoms. The Morgan fingerprint density at radius 1 is 1.12 bits per heavy atom. The third kappa shape index (κ3) is 5.51. The Kier molecular flexibility index (Phi) is 7.15. The Morgan fingerprint density at radius 3 is 2.75 bits per heavy atom. The molecule has 2 N–H and O–H groups in total. The summed E-state index contributed by atoms with van der Waals surface area (Å²) in [6.45, 7) is 8.48. The SMILES string of the molecule is CC(=O)Nc1ccc2nc(CN3CCN(Cc4ccccc4C)C(CCO)C3)ccc2c1. The Morgan fingerprint density at radius 2 is 1.97 bits per heavy atom. The minimum absolute atomic E-state index is 0.0760. The molecule has 0 radical (unpaired) electrons. The lowest BCUT2D eigenvalue weighted by Crippen LogP contribution is -2.52. The lowest BCUT2D eigenvalue weighted by molar-refractivity contribution is -0.114. The summed E-state index contributed by atoms with van der Waals surface area (Å²) in [6, 6.07) is 18.8. The Hall–Kier alpha value is -2.80. The molecule has 1 saturated heterocycles. The molecule has 0 aliphatic carbocycles. The zero-order chi connectivity index (χ0) is 22.5. The Bertz CT molecular complexity index is 1080. The third-order valence-corrected chi connectivity index (χ3v) is 6.24. The number of nitrogens with one attached hydrogen (secondary N) is 1. The van der Waals surface area contributed by atoms with Crippen molar-refractivity contribution < 1.29 is 9.90 Å². The van der Waals surface area contributed by atoms with Crippen LogP contribution < -0.4 is 5.32 Å². The number of aromatic nitrogens is 1. The first-order chi connectivity index (χ1) is 15.5. The number of carbonyl (C=O) groups excluding carboxylic acids is 1. The number of hydrogen-bond donors (Lipinski definition) is 2. The smallest absolute Gasteiger partial charge is 0.221 e. The van der Waals surface area contributed by atoms with Gasteiger partial charge in [-0.3, -0.25) is 19.6 Å². The first-order valence-corrected chi connectivity index (χ1v) is 11.3. The monoisotopic (exact) mass is 432 g/mol. The maximum atomic E-state index is 11.3. The highest BCUT2D eigenvalue weighted by atomic mass is 16.3. The molecular formula is C26H32N4O2. The van der Waals surface area contributed by atoms with E-state index in [1.807, 2.05) is 18.2 Å². The van der Waals surface area contributed by atoms with Gasteiger partial charge in [0.15, 0.2) is 0 Å². The molecule has 6 heteroatoms. The number of hydrogen-bond acceptors (Lipinski definition) is 5. The van der Waals surface area contributed by atoms with Gasteiger partial charge in [-0.1, -0.05) is 30.3 Å². The first kappa shape index (κ1) is 22.4. The van der Waals surface area contributed by atoms with Crippen LogP contribution in [0.1, 0.15) is 30.2 Å². The van der Waals surface area contributed by atoms with Crippen molar-refractivity contribution >= 4 is 22.5 Å². The lowest BCUT2D eigenvalue weighted by atomic mass is 10.0. The van der Waals surface area contributed by atoms with Crippen molar-refractivity contribution in [2.45, 2.75) is 39.4 Å². The number of aryl methyl sites for hydroxylation is 1. The highest BCUT2D eigenvalue weighted by molar-refractivity contribution is 5.92. The molecule has 1 amide bonds. The fourth-order valence-corrected chi connectivity index (χ4v) is 4.50. The number of aliphatic hydroxyl groups excluding tert-OH is 1. The van der Waals surface area contributed by atoms with Crippen molar-refractivity contribution in [2.75, 3.05) is 31.6 Å². The summed E-state index contributed by atoms with van der Waals surface area (Å²) in [4.78, 5) is 21.1. The van der Waals surface area contributed by atoms with Gasteiger partial charge in [-0.25, -0.2) is 0 Å². The summed E-state index contributed by atoms with van der Waals surface area (Å²) in [7, 11) is 0. The fourth-order valence-electron chi connectivity index (χ4n) is 4.50. The van der Waals surface area contributed by atoms with Crippen LogP contribution in [-0.4, -0.2) is 58.1 Å². The van der Waals surface area contributed by atoms with Crippen LogP contribution in [0.3, 0.4) is 0 Å². The molecule has 0 spiro atoms. The van der Waals surface area contributed by atoms with E-state index in [1.54, 1.807) is 0 Å². The summed E-state index contributed by atoms with van der Waals surface area (Å²) < 4.78 is 0. The molecule has 2 aromatic carbocycles. The number of piperazine rings is 1. The summed E-state index contributed by atoms with van der Waals surface area (Å²) in [5.41, 5.74) is 5.44. The molecule has 1 atom stereocenters. The summed E-state index contributed by atoms with van der Waals surface area (Å²) >= 11 is 0. The van der Waals surface area contributed by atoms with E-state index in [1.165, 1.54) is 18.1 Å². The second kappa shape index (κ2) is 10.2. The molecular weight excluding hydrogens is 400 g/mol. The summed E-state index contributed by atoms with van der Waals surface area (Å²) in [5, 5.41) is 13.5. The number of aliphatic hydroxyl groups is 1. The maximum Gasteiger partial charge on any atom is 0.221 e. The minimum atomic E-state index is -0.0760. The molecule has 0 saturated carbocycles. The van der Waals surface area contributed by atoms with Crippen molar-refractivity contribution in [3.63, 3.8) is 0 Å². The summed E-state index contributed by atoms with van der Waals surface area (Å²) in [5.74, 6) is -0.0760. The van der Waals surface area contributed by atoms with Crippen molar-refractivity contribution in [1.82, 2.24) is 14.8 Å². The number of anilines is 1. The van der Waals surface area contributed by atoms with Crippen LogP contribution in [-0.2, 0) is 17.9 Å². The molecule has 1 aliphatic rings. The molecule has 4 rings (SSSR count). The zero-order valence-electron chi connectivity index (χ0n) is 18.9. The van der Waals surface area contributed by atoms with Gasteiger partial charge in [0.05, 0.1) is 11.2 Å². The number of carbonyl (C=O) groups is 1. The first-order valence-electron chi connectivity index (χ1n) is 11.3. The molecule has 2 heterocycles. The van der Waals surface area contributed by atoms with Crippen molar-refractivity contribution in [3.05, 3.63) is 71.4 Å². The van der Waals surface area contributed by atoms with Crippen molar-refractivity contribution in [1.29, 1.82) is 0 Å². The van der Waals surface area contributed by atoms with Gasteiger partial charge in [0.25, 0.3) is 0 Å². The van der Waals surface area contributed by atoms with Gasteiger partial charge < -0.3 is 10.4 Å². The predicted molar refractivity (Wildman–Crippen MR) is 128 cm³/mol. The molecule has 1 fully saturated rings. The highest BCUT2D eigenvalue weighted by Gasteiger charge is 2.27. The van der Waals surface area contributed by atoms with E-state index < -0.39 is 0 Å². The van der Waals surface area contributed by atoms with Gasteiger partial charge in [0.2, 0.25) is 5.91 Å². The molecule has 1 unspecified atom stereocenters. The molecule has 168 valence electrons. The van der Waals surface area contributed by atoms with Crippen LogP contribution >= 0.6 is 0 Å². The standard InChI is InChI=1S/C26H32N4O2/c1-19-5-3-4-6-22(19)16-30-13-12-29(18-25(30)11-14-31)17-24-8-7-21-15-23(27-20(2)32)9-10-26(21)28-24/h3-10,15,25,31H,11-14,16-18H2,1-2H3,(H,27,32). The second-order valence-electron chi connectivity index (χ2n) is 8.69. The zero-order valence-corrected chi connectivity index (χ0v) is 18.9. The number of amides is 1. The largest absolute Gasteiger partial charge is 0.396 e. The van der Waals surface area contributed by atoms with Crippen LogP contribution in [0.25, 0.3) is 10.9 Å². The number of rotatable bonds is 7. The van der Waals surface area contributed by atoms with E-state index in [4.69, 9.17) is 4.98 Å². The number of benzene rings is 2. The predicted octanol–water partition coefficient (Wildman–Crippen LogP) is 3.57. The van der Waals surface area contributed by atoms with E-state index >= 15 is 0 Å². The molecule has 1 aromatic heterocycles. The number of fused-ring (bicyclic) bond motifs is 1. The molecule has 6 nitrogen and oxygen atoms in total. The van der Waals surface area contributed by atoms with Gasteiger partial charge in [-0.15, -0.1) is 0 Å². The number of nitrogens with zero attached hydrogens (tertiary/aromatic N) is 3. The van der Waals surface area contributed by atoms with Gasteiger partial charge in [-0.05, 0) is 48.7 Å². The quantitative estimate of drug-likeness (QED) is 0.597. The third-order valence-electron chi connectivity index (χ3n) is 6.24. The second-order valence-corrected chi connectivity index (χ2v) is 8.69. The van der Waals surface area contributed by atoms with E-state index in [-0.39, 0.29) is 12.5 Å². The van der Waals surface area contributed by atoms with Crippen molar-refractivity contribution in [2.24, 2.45) is 0 Å². The van der Waals surface area contributed by atoms with Gasteiger partial charge in [-0.2, -0.15) is 0 Å². The van der Waals surface area contributed by atoms with Gasteiger partial charge in [0.1, 0.15) is 0 Å². The van der Waals surface area contributed by atoms with E-state index in [0.29, 0.717) is 6.04 Å². The Balaban J connectivity index is 1.42. The van der Waals surface area contributed by atoms with Crippen LogP contribution in [0, 0.1) is 6.92 Å². The van der Waals surface area contributed by atoms with E-state index in [0.717, 1.165) is 61.4 Å². The lowest BCUT2D eigenvalue weighted by Gasteiger charge is -2.41. The molecule has 32 heavy (non-hydrogen) atoms. The van der Waals surface area contributed by atoms with Crippen LogP contribution in [0.15, 0.2) is 54.6 Å². The van der Waals surface area contributed by atoms with Crippen LogP contribution in [0.2, 0.25) is 0 Å². The van der Waals surface area contributed by atoms with Crippen LogP contribution in [0.5, 0.6) is 0 Å². The van der Waals surface area contributed by atoms with E-state index in [9.17, 15) is 9.90 Å². The average molecular weight is 433 g/mol. The Labute approximate surface area is 189 Å². The number of pyridine rings is 1. The fraction of sp³-hybridized carbons (Fsp3) is 0.385. The van der Waals surface area contributed by atoms with E-state index in [2.05, 4.69) is 58.4 Å². The molecule has 3 aromatic rings. The summed E-state index contributed by atoms with van der Waals surface area (Å²) in [6.07, 6.45) is 0.777. The van der Waals surface area contributed by atoms with Crippen LogP contribution in [0.4, 0.5) is 5.69 Å². The topological polar surface area (TPSA) is 68.7 Å². The normalized spacial score (nSPS) is 17.5. The van der Waals surface area contributed by atoms with Gasteiger partial charge in [0, 0.05) is 63.4 Å². The van der Waals surface area contributed by atoms with Gasteiger partial charge >= 0.3 is 0 Å². The van der Waals surface area contributed by atoms with Crippen molar-refractivity contribution in [3.8, 4) is 0 Å². The average Bonchev–Trinajstić information content (AvgIpc) is 2.77. The molecule has 1 aliphatic heterocycles. The maximum absolute atomic E-state index is 11.3.